The van der Waals surface area contributed by atoms with E-state index in [0.29, 0.717) is 5.56 Å². The van der Waals surface area contributed by atoms with Crippen LogP contribution in [0.25, 0.3) is 0 Å². The standard InChI is InChI=1S/C11H11FO/c1-7(13)9-6-10(9)8-4-2-3-5-11(8)12/h2-5,9-10H,6H2,1H3/t9-,10+/m1/s1. The van der Waals surface area contributed by atoms with E-state index in [2.05, 4.69) is 0 Å². The van der Waals surface area contributed by atoms with E-state index in [0.717, 1.165) is 6.42 Å². The quantitative estimate of drug-likeness (QED) is 0.680. The van der Waals surface area contributed by atoms with E-state index in [1.54, 1.807) is 19.1 Å². The highest BCUT2D eigenvalue weighted by atomic mass is 19.1. The first-order valence-corrected chi connectivity index (χ1v) is 4.45. The van der Waals surface area contributed by atoms with Crippen molar-refractivity contribution in [3.63, 3.8) is 0 Å². The number of hydrogen-bond donors (Lipinski definition) is 0. The first-order chi connectivity index (χ1) is 6.20. The van der Waals surface area contributed by atoms with E-state index in [1.165, 1.54) is 6.07 Å². The van der Waals surface area contributed by atoms with Crippen LogP contribution in [0, 0.1) is 11.7 Å². The van der Waals surface area contributed by atoms with Gasteiger partial charge in [0.05, 0.1) is 0 Å². The Bertz CT molecular complexity index is 346. The molecule has 2 rings (SSSR count). The summed E-state index contributed by atoms with van der Waals surface area (Å²) in [5.41, 5.74) is 0.697. The highest BCUT2D eigenvalue weighted by Crippen LogP contribution is 2.48. The van der Waals surface area contributed by atoms with Crippen molar-refractivity contribution >= 4 is 5.78 Å². The number of ketones is 1. The van der Waals surface area contributed by atoms with Crippen LogP contribution in [-0.2, 0) is 4.79 Å². The summed E-state index contributed by atoms with van der Waals surface area (Å²) in [4.78, 5) is 11.0. The summed E-state index contributed by atoms with van der Waals surface area (Å²) in [6.07, 6.45) is 0.816. The molecule has 13 heavy (non-hydrogen) atoms. The van der Waals surface area contributed by atoms with Crippen molar-refractivity contribution < 1.29 is 9.18 Å². The van der Waals surface area contributed by atoms with Gasteiger partial charge in [0.2, 0.25) is 0 Å². The Morgan fingerprint density at radius 1 is 1.46 bits per heavy atom. The number of halogens is 1. The van der Waals surface area contributed by atoms with Gasteiger partial charge in [-0.15, -0.1) is 0 Å². The molecule has 0 aliphatic heterocycles. The van der Waals surface area contributed by atoms with Gasteiger partial charge in [0, 0.05) is 5.92 Å². The van der Waals surface area contributed by atoms with Gasteiger partial charge in [-0.05, 0) is 30.9 Å². The third-order valence-corrected chi connectivity index (χ3v) is 2.62. The summed E-state index contributed by atoms with van der Waals surface area (Å²) in [5.74, 6) is 0.195. The Labute approximate surface area is 76.6 Å². The lowest BCUT2D eigenvalue weighted by atomic mass is 10.1. The Morgan fingerprint density at radius 3 is 2.69 bits per heavy atom. The van der Waals surface area contributed by atoms with Crippen molar-refractivity contribution in [2.75, 3.05) is 0 Å². The van der Waals surface area contributed by atoms with Crippen molar-refractivity contribution in [1.82, 2.24) is 0 Å². The smallest absolute Gasteiger partial charge is 0.133 e. The lowest BCUT2D eigenvalue weighted by Crippen LogP contribution is -1.96. The molecule has 0 spiro atoms. The van der Waals surface area contributed by atoms with E-state index >= 15 is 0 Å². The van der Waals surface area contributed by atoms with Crippen LogP contribution in [0.2, 0.25) is 0 Å². The fraction of sp³-hybridized carbons (Fsp3) is 0.364. The molecule has 1 aromatic rings. The molecule has 0 N–H and O–H groups in total. The Balaban J connectivity index is 2.21. The zero-order valence-corrected chi connectivity index (χ0v) is 7.46. The first kappa shape index (κ1) is 8.42. The molecule has 1 nitrogen and oxygen atoms in total. The van der Waals surface area contributed by atoms with Crippen molar-refractivity contribution in [3.05, 3.63) is 35.6 Å². The van der Waals surface area contributed by atoms with Crippen molar-refractivity contribution in [2.45, 2.75) is 19.3 Å². The van der Waals surface area contributed by atoms with Crippen LogP contribution in [0.3, 0.4) is 0 Å². The summed E-state index contributed by atoms with van der Waals surface area (Å²) < 4.78 is 13.2. The number of rotatable bonds is 2. The van der Waals surface area contributed by atoms with Crippen molar-refractivity contribution in [1.29, 1.82) is 0 Å². The van der Waals surface area contributed by atoms with Crippen LogP contribution in [0.5, 0.6) is 0 Å². The molecular weight excluding hydrogens is 167 g/mol. The molecule has 1 aliphatic carbocycles. The second-order valence-electron chi connectivity index (χ2n) is 3.58. The minimum Gasteiger partial charge on any atom is -0.300 e. The van der Waals surface area contributed by atoms with Crippen LogP contribution in [0.15, 0.2) is 24.3 Å². The monoisotopic (exact) mass is 178 g/mol. The van der Waals surface area contributed by atoms with Gasteiger partial charge in [-0.25, -0.2) is 4.39 Å². The SMILES string of the molecule is CC(=O)[C@H]1C[C@H]1c1ccccc1F. The minimum atomic E-state index is -0.184. The predicted molar refractivity (Wildman–Crippen MR) is 47.9 cm³/mol. The molecular formula is C11H11FO. The fourth-order valence-electron chi connectivity index (χ4n) is 1.76. The maximum Gasteiger partial charge on any atom is 0.133 e. The topological polar surface area (TPSA) is 17.1 Å². The third kappa shape index (κ3) is 1.48. The minimum absolute atomic E-state index is 0.0666. The number of Topliss-reactive ketones (excluding diaryl/α,β-unsaturated/α-hetero) is 1. The molecule has 1 fully saturated rings. The maximum atomic E-state index is 13.2. The molecule has 68 valence electrons. The van der Waals surface area contributed by atoms with Crippen molar-refractivity contribution in [2.24, 2.45) is 5.92 Å². The third-order valence-electron chi connectivity index (χ3n) is 2.62. The van der Waals surface area contributed by atoms with Gasteiger partial charge in [0.15, 0.2) is 0 Å². The number of benzene rings is 1. The van der Waals surface area contributed by atoms with Crippen LogP contribution >= 0.6 is 0 Å². The van der Waals surface area contributed by atoms with Crippen molar-refractivity contribution in [3.8, 4) is 0 Å². The van der Waals surface area contributed by atoms with E-state index in [4.69, 9.17) is 0 Å². The first-order valence-electron chi connectivity index (χ1n) is 4.45. The Kier molecular flexibility index (Phi) is 1.91. The van der Waals surface area contributed by atoms with Crippen LogP contribution < -0.4 is 0 Å². The average Bonchev–Trinajstić information content (AvgIpc) is 2.84. The van der Waals surface area contributed by atoms with Gasteiger partial charge < -0.3 is 0 Å². The lowest BCUT2D eigenvalue weighted by Gasteiger charge is -1.99. The van der Waals surface area contributed by atoms with Gasteiger partial charge in [-0.2, -0.15) is 0 Å². The van der Waals surface area contributed by atoms with Crippen LogP contribution in [0.1, 0.15) is 24.8 Å². The molecule has 0 saturated heterocycles. The molecule has 0 bridgehead atoms. The second-order valence-corrected chi connectivity index (χ2v) is 3.58. The molecule has 1 aromatic carbocycles. The molecule has 0 unspecified atom stereocenters. The molecule has 0 aromatic heterocycles. The summed E-state index contributed by atoms with van der Waals surface area (Å²) in [7, 11) is 0. The van der Waals surface area contributed by atoms with Gasteiger partial charge in [-0.1, -0.05) is 18.2 Å². The molecule has 2 atom stereocenters. The van der Waals surface area contributed by atoms with Gasteiger partial charge in [0.25, 0.3) is 0 Å². The Hall–Kier alpha value is -1.18. The van der Waals surface area contributed by atoms with Gasteiger partial charge >= 0.3 is 0 Å². The molecule has 0 heterocycles. The second kappa shape index (κ2) is 2.95. The highest BCUT2D eigenvalue weighted by molar-refractivity contribution is 5.82. The largest absolute Gasteiger partial charge is 0.300 e. The fourth-order valence-corrected chi connectivity index (χ4v) is 1.76. The van der Waals surface area contributed by atoms with Crippen LogP contribution in [-0.4, -0.2) is 5.78 Å². The molecule has 0 radical (unpaired) electrons. The number of carbonyl (C=O) groups is 1. The predicted octanol–water partition coefficient (Wildman–Crippen LogP) is 2.52. The summed E-state index contributed by atoms with van der Waals surface area (Å²) in [6.45, 7) is 1.57. The van der Waals surface area contributed by atoms with E-state index in [9.17, 15) is 9.18 Å². The van der Waals surface area contributed by atoms with Gasteiger partial charge in [-0.3, -0.25) is 4.79 Å². The molecule has 2 heteroatoms. The summed E-state index contributed by atoms with van der Waals surface area (Å²) in [5, 5.41) is 0. The number of carbonyl (C=O) groups excluding carboxylic acids is 1. The maximum absolute atomic E-state index is 13.2. The van der Waals surface area contributed by atoms with E-state index in [1.807, 2.05) is 6.07 Å². The zero-order valence-electron chi connectivity index (χ0n) is 7.46. The number of hydrogen-bond acceptors (Lipinski definition) is 1. The highest BCUT2D eigenvalue weighted by Gasteiger charge is 2.42. The zero-order chi connectivity index (χ0) is 9.42. The molecule has 0 amide bonds. The normalized spacial score (nSPS) is 25.7. The Morgan fingerprint density at radius 2 is 2.15 bits per heavy atom. The van der Waals surface area contributed by atoms with E-state index in [-0.39, 0.29) is 23.4 Å². The van der Waals surface area contributed by atoms with E-state index < -0.39 is 0 Å². The molecule has 1 saturated carbocycles. The van der Waals surface area contributed by atoms with Gasteiger partial charge in [0.1, 0.15) is 11.6 Å². The summed E-state index contributed by atoms with van der Waals surface area (Å²) >= 11 is 0. The van der Waals surface area contributed by atoms with Crippen LogP contribution in [0.4, 0.5) is 4.39 Å². The lowest BCUT2D eigenvalue weighted by molar-refractivity contribution is -0.118. The average molecular weight is 178 g/mol. The molecule has 1 aliphatic rings. The summed E-state index contributed by atoms with van der Waals surface area (Å²) in [6, 6.07) is 6.70.